The topological polar surface area (TPSA) is 55.5 Å². The molecule has 0 unspecified atom stereocenters. The number of anilines is 1. The smallest absolute Gasteiger partial charge is 0.174 e. The molecule has 0 aliphatic carbocycles. The van der Waals surface area contributed by atoms with E-state index in [4.69, 9.17) is 10.5 Å². The van der Waals surface area contributed by atoms with Gasteiger partial charge in [-0.2, -0.15) is 0 Å². The van der Waals surface area contributed by atoms with Gasteiger partial charge >= 0.3 is 0 Å². The molecule has 4 heteroatoms. The Balaban J connectivity index is 2.73. The number of ether oxygens (including phenoxy) is 1. The molecule has 1 aromatic heterocycles. The molecule has 0 saturated carbocycles. The number of nitrogens with two attached hydrogens (primary N) is 1. The van der Waals surface area contributed by atoms with Gasteiger partial charge in [0, 0.05) is 16.0 Å². The number of aliphatic hydroxyl groups is 1. The van der Waals surface area contributed by atoms with Crippen LogP contribution in [-0.2, 0) is 6.61 Å². The van der Waals surface area contributed by atoms with Gasteiger partial charge in [-0.1, -0.05) is 17.4 Å². The highest BCUT2D eigenvalue weighted by Crippen LogP contribution is 2.36. The van der Waals surface area contributed by atoms with Crippen LogP contribution in [0.3, 0.4) is 0 Å². The van der Waals surface area contributed by atoms with Gasteiger partial charge in [-0.25, -0.2) is 0 Å². The maximum Gasteiger partial charge on any atom is 0.174 e. The van der Waals surface area contributed by atoms with Crippen LogP contribution in [0.15, 0.2) is 18.2 Å². The third-order valence-electron chi connectivity index (χ3n) is 2.16. The van der Waals surface area contributed by atoms with Gasteiger partial charge in [-0.05, 0) is 17.5 Å². The van der Waals surface area contributed by atoms with Gasteiger partial charge in [-0.15, -0.1) is 0 Å². The Kier molecular flexibility index (Phi) is 2.31. The molecular weight excluding hydrogens is 198 g/mol. The molecule has 0 aliphatic rings. The molecule has 0 fully saturated rings. The third-order valence-corrected chi connectivity index (χ3v) is 3.33. The first-order valence-corrected chi connectivity index (χ1v) is 5.03. The van der Waals surface area contributed by atoms with Gasteiger partial charge in [0.1, 0.15) is 0 Å². The lowest BCUT2D eigenvalue weighted by Crippen LogP contribution is -1.93. The molecule has 0 radical (unpaired) electrons. The van der Waals surface area contributed by atoms with Crippen molar-refractivity contribution >= 4 is 27.1 Å². The van der Waals surface area contributed by atoms with E-state index in [0.717, 1.165) is 20.7 Å². The molecular formula is C10H11NO2S. The fourth-order valence-electron chi connectivity index (χ4n) is 1.42. The van der Waals surface area contributed by atoms with E-state index in [1.54, 1.807) is 13.2 Å². The van der Waals surface area contributed by atoms with Crippen molar-refractivity contribution in [2.45, 2.75) is 6.61 Å². The molecule has 0 amide bonds. The number of nitrogen functional groups attached to an aromatic ring is 1. The first-order valence-electron chi connectivity index (χ1n) is 4.22. The Bertz CT molecular complexity index is 464. The van der Waals surface area contributed by atoms with E-state index in [-0.39, 0.29) is 6.61 Å². The number of hydrogen-bond acceptors (Lipinski definition) is 4. The first kappa shape index (κ1) is 9.30. The van der Waals surface area contributed by atoms with Crippen LogP contribution in [0.1, 0.15) is 5.56 Å². The van der Waals surface area contributed by atoms with E-state index < -0.39 is 0 Å². The maximum absolute atomic E-state index is 9.18. The summed E-state index contributed by atoms with van der Waals surface area (Å²) in [5, 5.41) is 11.1. The molecule has 3 N–H and O–H groups in total. The molecule has 14 heavy (non-hydrogen) atoms. The minimum absolute atomic E-state index is 0.0349. The molecule has 0 atom stereocenters. The van der Waals surface area contributed by atoms with Crippen molar-refractivity contribution in [3.63, 3.8) is 0 Å². The summed E-state index contributed by atoms with van der Waals surface area (Å²) in [4.78, 5) is 0. The zero-order valence-corrected chi connectivity index (χ0v) is 8.60. The summed E-state index contributed by atoms with van der Waals surface area (Å²) in [5.74, 6) is 0. The van der Waals surface area contributed by atoms with Crippen LogP contribution >= 0.6 is 11.3 Å². The largest absolute Gasteiger partial charge is 0.487 e. The van der Waals surface area contributed by atoms with Crippen molar-refractivity contribution in [1.82, 2.24) is 0 Å². The van der Waals surface area contributed by atoms with Crippen molar-refractivity contribution in [1.29, 1.82) is 0 Å². The fraction of sp³-hybridized carbons (Fsp3) is 0.200. The van der Waals surface area contributed by atoms with Crippen LogP contribution < -0.4 is 10.5 Å². The highest BCUT2D eigenvalue weighted by atomic mass is 32.1. The Hall–Kier alpha value is -1.26. The van der Waals surface area contributed by atoms with E-state index in [1.165, 1.54) is 11.3 Å². The van der Waals surface area contributed by atoms with Gasteiger partial charge in [-0.3, -0.25) is 0 Å². The quantitative estimate of drug-likeness (QED) is 0.744. The Morgan fingerprint density at radius 3 is 2.93 bits per heavy atom. The number of hydrogen-bond donors (Lipinski definition) is 2. The highest BCUT2D eigenvalue weighted by molar-refractivity contribution is 7.21. The van der Waals surface area contributed by atoms with Crippen LogP contribution in [0.2, 0.25) is 0 Å². The molecule has 3 nitrogen and oxygen atoms in total. The van der Waals surface area contributed by atoms with E-state index in [0.29, 0.717) is 5.69 Å². The molecule has 0 saturated heterocycles. The van der Waals surface area contributed by atoms with Crippen molar-refractivity contribution in [2.75, 3.05) is 12.8 Å². The summed E-state index contributed by atoms with van der Waals surface area (Å²) in [5.41, 5.74) is 7.17. The lowest BCUT2D eigenvalue weighted by molar-refractivity contribution is 0.284. The monoisotopic (exact) mass is 209 g/mol. The normalized spacial score (nSPS) is 10.7. The summed E-state index contributed by atoms with van der Waals surface area (Å²) >= 11 is 1.50. The summed E-state index contributed by atoms with van der Waals surface area (Å²) in [6.07, 6.45) is 0. The fourth-order valence-corrected chi connectivity index (χ4v) is 2.44. The molecule has 0 spiro atoms. The van der Waals surface area contributed by atoms with Crippen LogP contribution in [-0.4, -0.2) is 12.2 Å². The van der Waals surface area contributed by atoms with Gasteiger partial charge in [0.2, 0.25) is 0 Å². The Labute approximate surface area is 85.7 Å². The Morgan fingerprint density at radius 1 is 1.50 bits per heavy atom. The second-order valence-corrected chi connectivity index (χ2v) is 3.99. The van der Waals surface area contributed by atoms with Gasteiger partial charge < -0.3 is 15.6 Å². The Morgan fingerprint density at radius 2 is 2.29 bits per heavy atom. The van der Waals surface area contributed by atoms with Gasteiger partial charge in [0.15, 0.2) is 5.06 Å². The number of benzene rings is 1. The summed E-state index contributed by atoms with van der Waals surface area (Å²) in [7, 11) is 1.63. The van der Waals surface area contributed by atoms with E-state index in [2.05, 4.69) is 0 Å². The summed E-state index contributed by atoms with van der Waals surface area (Å²) < 4.78 is 6.14. The molecule has 2 aromatic rings. The minimum atomic E-state index is -0.0349. The van der Waals surface area contributed by atoms with Crippen molar-refractivity contribution in [2.24, 2.45) is 0 Å². The van der Waals surface area contributed by atoms with Crippen molar-refractivity contribution in [3.05, 3.63) is 23.8 Å². The molecule has 1 aromatic carbocycles. The number of rotatable bonds is 2. The van der Waals surface area contributed by atoms with E-state index in [9.17, 15) is 5.11 Å². The van der Waals surface area contributed by atoms with E-state index in [1.807, 2.05) is 12.1 Å². The second-order valence-electron chi connectivity index (χ2n) is 2.98. The van der Waals surface area contributed by atoms with Gasteiger partial charge in [0.25, 0.3) is 0 Å². The maximum atomic E-state index is 9.18. The van der Waals surface area contributed by atoms with Crippen LogP contribution in [0.4, 0.5) is 5.69 Å². The van der Waals surface area contributed by atoms with Crippen LogP contribution in [0.5, 0.6) is 5.06 Å². The molecule has 1 heterocycles. The lowest BCUT2D eigenvalue weighted by Gasteiger charge is -2.02. The van der Waals surface area contributed by atoms with Crippen LogP contribution in [0, 0.1) is 0 Å². The number of fused-ring (bicyclic) bond motifs is 1. The minimum Gasteiger partial charge on any atom is -0.487 e. The van der Waals surface area contributed by atoms with Crippen molar-refractivity contribution < 1.29 is 9.84 Å². The summed E-state index contributed by atoms with van der Waals surface area (Å²) in [6.45, 7) is -0.0349. The zero-order chi connectivity index (χ0) is 10.1. The predicted molar refractivity (Wildman–Crippen MR) is 58.7 cm³/mol. The third kappa shape index (κ3) is 1.32. The predicted octanol–water partition coefficient (Wildman–Crippen LogP) is 1.98. The average Bonchev–Trinajstić information content (AvgIpc) is 2.60. The second kappa shape index (κ2) is 3.48. The standard InChI is InChI=1S/C10H11NO2S/c1-13-9-4-6-2-3-8(11)7(5-12)10(6)14-9/h2-4,12H,5,11H2,1H3. The highest BCUT2D eigenvalue weighted by Gasteiger charge is 2.08. The molecule has 2 rings (SSSR count). The zero-order valence-electron chi connectivity index (χ0n) is 7.78. The summed E-state index contributed by atoms with van der Waals surface area (Å²) in [6, 6.07) is 5.68. The van der Waals surface area contributed by atoms with E-state index >= 15 is 0 Å². The van der Waals surface area contributed by atoms with Crippen molar-refractivity contribution in [3.8, 4) is 5.06 Å². The van der Waals surface area contributed by atoms with Gasteiger partial charge in [0.05, 0.1) is 13.7 Å². The SMILES string of the molecule is COc1cc2ccc(N)c(CO)c2s1. The number of aliphatic hydroxyl groups excluding tert-OH is 1. The van der Waals surface area contributed by atoms with Crippen LogP contribution in [0.25, 0.3) is 10.1 Å². The lowest BCUT2D eigenvalue weighted by atomic mass is 10.1. The number of methoxy groups -OCH3 is 1. The average molecular weight is 209 g/mol. The molecule has 74 valence electrons. The number of thiophene rings is 1. The molecule has 0 bridgehead atoms. The first-order chi connectivity index (χ1) is 6.76. The molecule has 0 aliphatic heterocycles.